The lowest BCUT2D eigenvalue weighted by Gasteiger charge is -2.10. The number of rotatable bonds is 5. The molecule has 2 rings (SSSR count). The largest absolute Gasteiger partial charge is 0.452 e. The summed E-state index contributed by atoms with van der Waals surface area (Å²) in [5.41, 5.74) is 1.16. The van der Waals surface area contributed by atoms with Crippen LogP contribution in [0, 0.1) is 0 Å². The maximum atomic E-state index is 12.0. The highest BCUT2D eigenvalue weighted by Gasteiger charge is 2.21. The zero-order valence-corrected chi connectivity index (χ0v) is 13.3. The molecule has 0 unspecified atom stereocenters. The summed E-state index contributed by atoms with van der Waals surface area (Å²) in [6.45, 7) is 6.34. The number of methoxy groups -OCH3 is 1. The number of carbonyl (C=O) groups is 1. The van der Waals surface area contributed by atoms with Gasteiger partial charge < -0.3 is 14.0 Å². The van der Waals surface area contributed by atoms with Crippen molar-refractivity contribution in [1.29, 1.82) is 0 Å². The summed E-state index contributed by atoms with van der Waals surface area (Å²) in [5.74, 6) is 0.431. The number of hydrogen-bond donors (Lipinski definition) is 0. The normalized spacial score (nSPS) is 11.5. The molecule has 0 saturated heterocycles. The highest BCUT2D eigenvalue weighted by atomic mass is 16.6. The van der Waals surface area contributed by atoms with Crippen LogP contribution in [-0.4, -0.2) is 23.2 Å². The van der Waals surface area contributed by atoms with Crippen LogP contribution in [-0.2, 0) is 28.1 Å². The van der Waals surface area contributed by atoms with Crippen molar-refractivity contribution in [3.05, 3.63) is 47.1 Å². The maximum absolute atomic E-state index is 12.0. The molecule has 0 aliphatic carbocycles. The fourth-order valence-corrected chi connectivity index (χ4v) is 1.78. The lowest BCUT2D eigenvalue weighted by atomic mass is 9.96. The van der Waals surface area contributed by atoms with Crippen molar-refractivity contribution in [3.63, 3.8) is 0 Å². The molecular formula is C16H20N2O4. The summed E-state index contributed by atoms with van der Waals surface area (Å²) in [6.07, 6.45) is 0. The van der Waals surface area contributed by atoms with Gasteiger partial charge in [0.05, 0.1) is 12.2 Å². The first-order valence-electron chi connectivity index (χ1n) is 6.98. The van der Waals surface area contributed by atoms with Crippen LogP contribution in [0.5, 0.6) is 0 Å². The number of carbonyl (C=O) groups excluding carboxylic acids is 1. The molecule has 1 aromatic heterocycles. The van der Waals surface area contributed by atoms with Gasteiger partial charge in [-0.3, -0.25) is 0 Å². The summed E-state index contributed by atoms with van der Waals surface area (Å²) in [7, 11) is 1.60. The maximum Gasteiger partial charge on any atom is 0.338 e. The Labute approximate surface area is 129 Å². The van der Waals surface area contributed by atoms with Crippen molar-refractivity contribution in [1.82, 2.24) is 10.1 Å². The van der Waals surface area contributed by atoms with Gasteiger partial charge in [0.25, 0.3) is 5.89 Å². The van der Waals surface area contributed by atoms with E-state index in [-0.39, 0.29) is 17.9 Å². The van der Waals surface area contributed by atoms with E-state index >= 15 is 0 Å². The van der Waals surface area contributed by atoms with E-state index in [9.17, 15) is 4.79 Å². The molecule has 6 heteroatoms. The Morgan fingerprint density at radius 1 is 1.27 bits per heavy atom. The van der Waals surface area contributed by atoms with Crippen molar-refractivity contribution >= 4 is 5.97 Å². The molecule has 0 bridgehead atoms. The number of aromatic nitrogens is 2. The summed E-state index contributed by atoms with van der Waals surface area (Å²) < 4.78 is 15.3. The van der Waals surface area contributed by atoms with Crippen LogP contribution in [0.4, 0.5) is 0 Å². The van der Waals surface area contributed by atoms with E-state index in [1.165, 1.54) is 0 Å². The van der Waals surface area contributed by atoms with Gasteiger partial charge in [0, 0.05) is 12.5 Å². The van der Waals surface area contributed by atoms with Crippen LogP contribution < -0.4 is 0 Å². The number of nitrogens with zero attached hydrogens (tertiary/aromatic N) is 2. The molecule has 0 aliphatic heterocycles. The Kier molecular flexibility index (Phi) is 4.92. The van der Waals surface area contributed by atoms with E-state index in [2.05, 4.69) is 10.1 Å². The molecule has 0 spiro atoms. The molecule has 0 radical (unpaired) electrons. The van der Waals surface area contributed by atoms with Crippen LogP contribution in [0.15, 0.2) is 28.8 Å². The second kappa shape index (κ2) is 6.70. The van der Waals surface area contributed by atoms with Crippen LogP contribution in [0.2, 0.25) is 0 Å². The van der Waals surface area contributed by atoms with Gasteiger partial charge in [-0.2, -0.15) is 4.98 Å². The Morgan fingerprint density at radius 3 is 2.68 bits per heavy atom. The van der Waals surface area contributed by atoms with Crippen molar-refractivity contribution in [2.24, 2.45) is 0 Å². The average molecular weight is 304 g/mol. The zero-order chi connectivity index (χ0) is 16.2. The molecule has 118 valence electrons. The number of ether oxygens (including phenoxy) is 2. The summed E-state index contributed by atoms with van der Waals surface area (Å²) >= 11 is 0. The van der Waals surface area contributed by atoms with Crippen LogP contribution >= 0.6 is 0 Å². The molecular weight excluding hydrogens is 284 g/mol. The number of benzene rings is 1. The Balaban J connectivity index is 1.98. The van der Waals surface area contributed by atoms with Gasteiger partial charge in [0.1, 0.15) is 0 Å². The first-order valence-corrected chi connectivity index (χ1v) is 6.98. The van der Waals surface area contributed by atoms with Gasteiger partial charge in [-0.05, 0) is 17.7 Å². The van der Waals surface area contributed by atoms with Crippen LogP contribution in [0.25, 0.3) is 0 Å². The SMILES string of the molecule is COCc1cccc(C(=O)OCc2nc(C(C)(C)C)no2)c1. The third kappa shape index (κ3) is 4.14. The Hall–Kier alpha value is -2.21. The van der Waals surface area contributed by atoms with Crippen LogP contribution in [0.1, 0.15) is 48.4 Å². The van der Waals surface area contributed by atoms with E-state index in [1.807, 2.05) is 26.8 Å². The summed E-state index contributed by atoms with van der Waals surface area (Å²) in [4.78, 5) is 16.2. The molecule has 0 N–H and O–H groups in total. The van der Waals surface area contributed by atoms with Crippen molar-refractivity contribution in [2.75, 3.05) is 7.11 Å². The number of hydrogen-bond acceptors (Lipinski definition) is 6. The van der Waals surface area contributed by atoms with Gasteiger partial charge >= 0.3 is 5.97 Å². The zero-order valence-electron chi connectivity index (χ0n) is 13.3. The van der Waals surface area contributed by atoms with Gasteiger partial charge in [-0.25, -0.2) is 4.79 Å². The van der Waals surface area contributed by atoms with E-state index in [1.54, 1.807) is 25.3 Å². The number of esters is 1. The van der Waals surface area contributed by atoms with Crippen molar-refractivity contribution in [3.8, 4) is 0 Å². The quantitative estimate of drug-likeness (QED) is 0.791. The lowest BCUT2D eigenvalue weighted by molar-refractivity contribution is 0.0429. The molecule has 22 heavy (non-hydrogen) atoms. The molecule has 0 saturated carbocycles. The molecule has 1 aromatic carbocycles. The van der Waals surface area contributed by atoms with E-state index in [0.29, 0.717) is 18.0 Å². The predicted octanol–water partition coefficient (Wildman–Crippen LogP) is 2.87. The molecule has 0 fully saturated rings. The highest BCUT2D eigenvalue weighted by Crippen LogP contribution is 2.18. The topological polar surface area (TPSA) is 74.5 Å². The second-order valence-corrected chi connectivity index (χ2v) is 5.97. The van der Waals surface area contributed by atoms with Crippen molar-refractivity contribution < 1.29 is 18.8 Å². The molecule has 0 atom stereocenters. The fourth-order valence-electron chi connectivity index (χ4n) is 1.78. The van der Waals surface area contributed by atoms with Gasteiger partial charge in [-0.1, -0.05) is 38.1 Å². The van der Waals surface area contributed by atoms with E-state index in [4.69, 9.17) is 14.0 Å². The van der Waals surface area contributed by atoms with Crippen molar-refractivity contribution in [2.45, 2.75) is 39.4 Å². The van der Waals surface area contributed by atoms with E-state index < -0.39 is 5.97 Å². The highest BCUT2D eigenvalue weighted by molar-refractivity contribution is 5.89. The first-order chi connectivity index (χ1) is 10.4. The average Bonchev–Trinajstić information content (AvgIpc) is 2.94. The summed E-state index contributed by atoms with van der Waals surface area (Å²) in [5, 5.41) is 3.88. The molecule has 0 aliphatic rings. The lowest BCUT2D eigenvalue weighted by Crippen LogP contribution is -2.13. The Morgan fingerprint density at radius 2 is 2.05 bits per heavy atom. The van der Waals surface area contributed by atoms with Gasteiger partial charge in [0.2, 0.25) is 0 Å². The molecule has 2 aromatic rings. The fraction of sp³-hybridized carbons (Fsp3) is 0.438. The summed E-state index contributed by atoms with van der Waals surface area (Å²) in [6, 6.07) is 7.10. The third-order valence-corrected chi connectivity index (χ3v) is 2.94. The smallest absolute Gasteiger partial charge is 0.338 e. The third-order valence-electron chi connectivity index (χ3n) is 2.94. The minimum absolute atomic E-state index is 0.0452. The van der Waals surface area contributed by atoms with Gasteiger partial charge in [-0.15, -0.1) is 0 Å². The minimum atomic E-state index is -0.437. The molecule has 1 heterocycles. The van der Waals surface area contributed by atoms with Crippen LogP contribution in [0.3, 0.4) is 0 Å². The molecule has 6 nitrogen and oxygen atoms in total. The standard InChI is InChI=1S/C16H20N2O4/c1-16(2,3)15-17-13(22-18-15)10-21-14(19)12-7-5-6-11(8-12)9-20-4/h5-8H,9-10H2,1-4H3. The van der Waals surface area contributed by atoms with Gasteiger partial charge in [0.15, 0.2) is 12.4 Å². The Bertz CT molecular complexity index is 644. The first kappa shape index (κ1) is 16.2. The monoisotopic (exact) mass is 304 g/mol. The predicted molar refractivity (Wildman–Crippen MR) is 79.3 cm³/mol. The van der Waals surface area contributed by atoms with E-state index in [0.717, 1.165) is 5.56 Å². The minimum Gasteiger partial charge on any atom is -0.452 e. The second-order valence-electron chi connectivity index (χ2n) is 5.97. The molecule has 0 amide bonds.